The maximum atomic E-state index is 14.0. The van der Waals surface area contributed by atoms with Gasteiger partial charge in [-0.3, -0.25) is 14.5 Å². The first-order valence-electron chi connectivity index (χ1n) is 13.5. The summed E-state index contributed by atoms with van der Waals surface area (Å²) in [4.78, 5) is 46.8. The number of nitrogens with zero attached hydrogens (tertiary/aromatic N) is 2. The van der Waals surface area contributed by atoms with Gasteiger partial charge in [0.05, 0.1) is 35.9 Å². The van der Waals surface area contributed by atoms with Crippen molar-refractivity contribution in [2.24, 2.45) is 0 Å². The fraction of sp³-hybridized carbons (Fsp3) is 0.290. The van der Waals surface area contributed by atoms with Crippen molar-refractivity contribution >= 4 is 50.9 Å². The van der Waals surface area contributed by atoms with E-state index in [1.165, 1.54) is 17.0 Å². The molecule has 11 heteroatoms. The van der Waals surface area contributed by atoms with Crippen LogP contribution in [0.5, 0.6) is 11.5 Å². The highest BCUT2D eigenvalue weighted by molar-refractivity contribution is 7.17. The quantitative estimate of drug-likeness (QED) is 0.103. The second-order valence-electron chi connectivity index (χ2n) is 9.53. The number of carbonyl (C=O) groups is 2. The minimum Gasteiger partial charge on any atom is -0.490 e. The van der Waals surface area contributed by atoms with E-state index >= 15 is 0 Å². The van der Waals surface area contributed by atoms with Gasteiger partial charge in [-0.05, 0) is 56.2 Å². The van der Waals surface area contributed by atoms with Gasteiger partial charge in [0.25, 0.3) is 5.91 Å². The SMILES string of the molecule is C=CCOC(=O)c1sc(N2C(=O)c3oc4ccc(Cl)cc4c(=O)c3C2c2ccc(OCCCC)c(OCC)c2)nc1C. The van der Waals surface area contributed by atoms with E-state index in [1.54, 1.807) is 37.3 Å². The number of aryl methyl sites for hydroxylation is 1. The number of hydrogen-bond acceptors (Lipinski definition) is 9. The molecule has 0 saturated heterocycles. The summed E-state index contributed by atoms with van der Waals surface area (Å²) in [6.45, 7) is 10.1. The second-order valence-corrected chi connectivity index (χ2v) is 10.9. The van der Waals surface area contributed by atoms with Crippen molar-refractivity contribution in [2.75, 3.05) is 24.7 Å². The van der Waals surface area contributed by atoms with Crippen LogP contribution in [0.25, 0.3) is 11.0 Å². The topological polar surface area (TPSA) is 108 Å². The number of aromatic nitrogens is 1. The van der Waals surface area contributed by atoms with Crippen molar-refractivity contribution in [1.29, 1.82) is 0 Å². The smallest absolute Gasteiger partial charge is 0.350 e. The standard InChI is InChI=1S/C31H29ClN2O7S/c1-5-8-14-39-22-11-9-18(15-23(22)38-7-3)25-24-26(35)20-16-19(32)10-12-21(20)41-27(24)29(36)34(25)31-33-17(4)28(42-31)30(37)40-13-6-2/h6,9-12,15-16,25H,2,5,7-8,13-14H2,1,3-4H3. The molecule has 0 spiro atoms. The number of hydrogen-bond donors (Lipinski definition) is 0. The molecule has 1 aliphatic rings. The Morgan fingerprint density at radius 3 is 2.71 bits per heavy atom. The fourth-order valence-corrected chi connectivity index (χ4v) is 5.90. The number of thiazole rings is 1. The van der Waals surface area contributed by atoms with Crippen molar-refractivity contribution < 1.29 is 28.2 Å². The monoisotopic (exact) mass is 608 g/mol. The van der Waals surface area contributed by atoms with Crippen molar-refractivity contribution in [1.82, 2.24) is 4.98 Å². The van der Waals surface area contributed by atoms with Crippen LogP contribution in [0.3, 0.4) is 0 Å². The highest BCUT2D eigenvalue weighted by atomic mass is 35.5. The molecule has 1 aliphatic heterocycles. The number of amides is 1. The van der Waals surface area contributed by atoms with Crippen LogP contribution in [-0.4, -0.2) is 36.7 Å². The molecule has 2 aromatic heterocycles. The molecule has 0 radical (unpaired) electrons. The third-order valence-electron chi connectivity index (χ3n) is 6.68. The normalized spacial score (nSPS) is 14.2. The van der Waals surface area contributed by atoms with Crippen molar-refractivity contribution in [3.05, 3.63) is 91.8 Å². The van der Waals surface area contributed by atoms with Crippen LogP contribution in [0.2, 0.25) is 5.02 Å². The summed E-state index contributed by atoms with van der Waals surface area (Å²) in [5, 5.41) is 0.814. The van der Waals surface area contributed by atoms with Crippen LogP contribution in [0.1, 0.15) is 69.8 Å². The maximum absolute atomic E-state index is 14.0. The number of rotatable bonds is 11. The molecule has 1 amide bonds. The summed E-state index contributed by atoms with van der Waals surface area (Å²) < 4.78 is 23.1. The van der Waals surface area contributed by atoms with Gasteiger partial charge in [0, 0.05) is 5.02 Å². The molecule has 42 heavy (non-hydrogen) atoms. The van der Waals surface area contributed by atoms with Gasteiger partial charge in [-0.15, -0.1) is 0 Å². The van der Waals surface area contributed by atoms with E-state index in [2.05, 4.69) is 18.5 Å². The first-order chi connectivity index (χ1) is 20.3. The van der Waals surface area contributed by atoms with Gasteiger partial charge in [-0.1, -0.05) is 55.0 Å². The zero-order chi connectivity index (χ0) is 30.0. The second kappa shape index (κ2) is 12.4. The molecule has 1 unspecified atom stereocenters. The number of carbonyl (C=O) groups excluding carboxylic acids is 2. The summed E-state index contributed by atoms with van der Waals surface area (Å²) >= 11 is 7.21. The molecule has 3 heterocycles. The average molecular weight is 609 g/mol. The van der Waals surface area contributed by atoms with Crippen molar-refractivity contribution in [3.8, 4) is 11.5 Å². The summed E-state index contributed by atoms with van der Waals surface area (Å²) in [5.74, 6) is -0.225. The van der Waals surface area contributed by atoms with E-state index in [1.807, 2.05) is 6.92 Å². The first-order valence-corrected chi connectivity index (χ1v) is 14.7. The van der Waals surface area contributed by atoms with Crippen LogP contribution in [0.15, 0.2) is 58.3 Å². The molecule has 0 aliphatic carbocycles. The third-order valence-corrected chi connectivity index (χ3v) is 8.05. The average Bonchev–Trinajstić information content (AvgIpc) is 3.50. The molecule has 218 valence electrons. The van der Waals surface area contributed by atoms with Gasteiger partial charge < -0.3 is 18.6 Å². The zero-order valence-corrected chi connectivity index (χ0v) is 25.0. The minimum atomic E-state index is -0.932. The number of esters is 1. The zero-order valence-electron chi connectivity index (χ0n) is 23.4. The van der Waals surface area contributed by atoms with Gasteiger partial charge in [-0.25, -0.2) is 9.78 Å². The van der Waals surface area contributed by atoms with E-state index in [4.69, 9.17) is 30.2 Å². The third kappa shape index (κ3) is 5.39. The predicted octanol–water partition coefficient (Wildman–Crippen LogP) is 6.88. The van der Waals surface area contributed by atoms with E-state index in [-0.39, 0.29) is 38.9 Å². The lowest BCUT2D eigenvalue weighted by Gasteiger charge is -2.23. The molecule has 2 aromatic carbocycles. The molecule has 9 nitrogen and oxygen atoms in total. The lowest BCUT2D eigenvalue weighted by atomic mass is 9.98. The predicted molar refractivity (Wildman–Crippen MR) is 161 cm³/mol. The van der Waals surface area contributed by atoms with Crippen LogP contribution >= 0.6 is 22.9 Å². The van der Waals surface area contributed by atoms with Crippen molar-refractivity contribution in [3.63, 3.8) is 0 Å². The highest BCUT2D eigenvalue weighted by Crippen LogP contribution is 2.45. The molecular formula is C31H29ClN2O7S. The van der Waals surface area contributed by atoms with E-state index < -0.39 is 23.3 Å². The van der Waals surface area contributed by atoms with E-state index in [0.717, 1.165) is 24.2 Å². The maximum Gasteiger partial charge on any atom is 0.350 e. The summed E-state index contributed by atoms with van der Waals surface area (Å²) in [7, 11) is 0. The molecule has 0 bridgehead atoms. The molecule has 0 saturated carbocycles. The van der Waals surface area contributed by atoms with E-state index in [0.29, 0.717) is 41.0 Å². The van der Waals surface area contributed by atoms with Crippen LogP contribution in [0, 0.1) is 6.92 Å². The minimum absolute atomic E-state index is 0.0304. The molecular weight excluding hydrogens is 580 g/mol. The van der Waals surface area contributed by atoms with Gasteiger partial charge in [-0.2, -0.15) is 0 Å². The number of unbranched alkanes of at least 4 members (excludes halogenated alkanes) is 1. The fourth-order valence-electron chi connectivity index (χ4n) is 4.74. The number of fused-ring (bicyclic) bond motifs is 2. The van der Waals surface area contributed by atoms with Gasteiger partial charge in [0.1, 0.15) is 17.1 Å². The Balaban J connectivity index is 1.69. The van der Waals surface area contributed by atoms with Crippen LogP contribution in [0.4, 0.5) is 5.13 Å². The Hall–Kier alpha value is -4.15. The largest absolute Gasteiger partial charge is 0.490 e. The number of anilines is 1. The molecule has 1 atom stereocenters. The Morgan fingerprint density at radius 2 is 1.98 bits per heavy atom. The Bertz CT molecular complexity index is 1750. The summed E-state index contributed by atoms with van der Waals surface area (Å²) in [5.41, 5.74) is 0.939. The van der Waals surface area contributed by atoms with Gasteiger partial charge in [0.2, 0.25) is 5.76 Å². The highest BCUT2D eigenvalue weighted by Gasteiger charge is 2.45. The van der Waals surface area contributed by atoms with Crippen LogP contribution in [-0.2, 0) is 4.74 Å². The Kier molecular flexibility index (Phi) is 8.65. The Morgan fingerprint density at radius 1 is 1.17 bits per heavy atom. The number of ether oxygens (including phenoxy) is 3. The lowest BCUT2D eigenvalue weighted by molar-refractivity contribution is 0.0554. The lowest BCUT2D eigenvalue weighted by Crippen LogP contribution is -2.29. The molecule has 0 N–H and O–H groups in total. The number of benzene rings is 2. The first kappa shape index (κ1) is 29.3. The summed E-state index contributed by atoms with van der Waals surface area (Å²) in [6, 6.07) is 9.04. The van der Waals surface area contributed by atoms with Crippen molar-refractivity contribution in [2.45, 2.75) is 39.7 Å². The molecule has 0 fully saturated rings. The van der Waals surface area contributed by atoms with Gasteiger partial charge >= 0.3 is 5.97 Å². The van der Waals surface area contributed by atoms with E-state index in [9.17, 15) is 14.4 Å². The van der Waals surface area contributed by atoms with Gasteiger partial charge in [0.15, 0.2) is 22.1 Å². The summed E-state index contributed by atoms with van der Waals surface area (Å²) in [6.07, 6.45) is 3.32. The number of halogens is 1. The van der Waals surface area contributed by atoms with Crippen LogP contribution < -0.4 is 19.8 Å². The molecule has 4 aromatic rings. The molecule has 5 rings (SSSR count). The Labute approximate surface area is 251 Å².